The molecule has 0 bridgehead atoms. The molecule has 6 nitrogen and oxygen atoms in total. The van der Waals surface area contributed by atoms with Crippen molar-refractivity contribution in [3.05, 3.63) is 11.9 Å². The van der Waals surface area contributed by atoms with Crippen molar-refractivity contribution in [3.8, 4) is 0 Å². The molecule has 0 aliphatic heterocycles. The van der Waals surface area contributed by atoms with Gasteiger partial charge in [0.05, 0.1) is 12.3 Å². The van der Waals surface area contributed by atoms with Crippen LogP contribution in [0.2, 0.25) is 0 Å². The number of aryl methyl sites for hydroxylation is 1. The van der Waals surface area contributed by atoms with Crippen molar-refractivity contribution >= 4 is 11.6 Å². The van der Waals surface area contributed by atoms with Crippen LogP contribution < -0.4 is 11.1 Å². The van der Waals surface area contributed by atoms with E-state index in [1.54, 1.807) is 6.20 Å². The Morgan fingerprint density at radius 1 is 1.67 bits per heavy atom. The fourth-order valence-corrected chi connectivity index (χ4v) is 1.27. The molecule has 3 N–H and O–H groups in total. The molecule has 0 aliphatic rings. The summed E-state index contributed by atoms with van der Waals surface area (Å²) in [6.07, 6.45) is -0.945. The highest BCUT2D eigenvalue weighted by atomic mass is 19.3. The lowest BCUT2D eigenvalue weighted by atomic mass is 10.3. The number of carbonyl (C=O) groups excluding carboxylic acids is 1. The minimum Gasteiger partial charge on any atom is -0.396 e. The van der Waals surface area contributed by atoms with Crippen LogP contribution in [0.15, 0.2) is 6.20 Å². The van der Waals surface area contributed by atoms with Gasteiger partial charge in [-0.25, -0.2) is 8.78 Å². The molecule has 0 fully saturated rings. The number of anilines is 1. The molecule has 0 spiro atoms. The summed E-state index contributed by atoms with van der Waals surface area (Å²) in [7, 11) is 0. The average Bonchev–Trinajstić information content (AvgIpc) is 2.69. The maximum Gasteiger partial charge on any atom is 0.274 e. The summed E-state index contributed by atoms with van der Waals surface area (Å²) in [5.74, 6) is -0.444. The number of ether oxygens (including phenoxy) is 1. The number of aromatic nitrogens is 2. The van der Waals surface area contributed by atoms with Crippen molar-refractivity contribution < 1.29 is 18.3 Å². The summed E-state index contributed by atoms with van der Waals surface area (Å²) in [4.78, 5) is 11.6. The Hall–Kier alpha value is -1.70. The fourth-order valence-electron chi connectivity index (χ4n) is 1.27. The molecule has 0 unspecified atom stereocenters. The van der Waals surface area contributed by atoms with Crippen LogP contribution in [0.1, 0.15) is 17.4 Å². The lowest BCUT2D eigenvalue weighted by Gasteiger charge is -2.05. The number of alkyl halides is 2. The second-order valence-corrected chi connectivity index (χ2v) is 3.51. The van der Waals surface area contributed by atoms with Crippen molar-refractivity contribution in [2.75, 3.05) is 25.5 Å². The molecular formula is C10H16F2N4O2. The Morgan fingerprint density at radius 3 is 2.94 bits per heavy atom. The number of halogens is 2. The van der Waals surface area contributed by atoms with Crippen LogP contribution in [-0.4, -0.2) is 41.9 Å². The molecule has 18 heavy (non-hydrogen) atoms. The van der Waals surface area contributed by atoms with Gasteiger partial charge in [0, 0.05) is 19.3 Å². The first-order chi connectivity index (χ1) is 8.54. The highest BCUT2D eigenvalue weighted by molar-refractivity contribution is 5.96. The molecule has 0 saturated carbocycles. The van der Waals surface area contributed by atoms with E-state index in [-0.39, 0.29) is 24.5 Å². The Bertz CT molecular complexity index is 395. The third kappa shape index (κ3) is 4.28. The van der Waals surface area contributed by atoms with E-state index in [9.17, 15) is 13.6 Å². The molecule has 0 aromatic carbocycles. The molecule has 8 heteroatoms. The number of nitrogens with zero attached hydrogens (tertiary/aromatic N) is 2. The Morgan fingerprint density at radius 2 is 2.39 bits per heavy atom. The Labute approximate surface area is 103 Å². The van der Waals surface area contributed by atoms with Crippen LogP contribution in [0.3, 0.4) is 0 Å². The van der Waals surface area contributed by atoms with Crippen LogP contribution >= 0.6 is 0 Å². The van der Waals surface area contributed by atoms with Gasteiger partial charge in [-0.15, -0.1) is 0 Å². The van der Waals surface area contributed by atoms with Gasteiger partial charge in [-0.05, 0) is 6.92 Å². The first kappa shape index (κ1) is 14.4. The molecule has 1 aromatic rings. The lowest BCUT2D eigenvalue weighted by Crippen LogP contribution is -2.28. The van der Waals surface area contributed by atoms with E-state index in [0.717, 1.165) is 0 Å². The van der Waals surface area contributed by atoms with Crippen LogP contribution in [0, 0.1) is 0 Å². The molecular weight excluding hydrogens is 246 g/mol. The van der Waals surface area contributed by atoms with Crippen molar-refractivity contribution in [1.29, 1.82) is 0 Å². The van der Waals surface area contributed by atoms with Crippen molar-refractivity contribution in [2.45, 2.75) is 19.9 Å². The molecule has 102 valence electrons. The zero-order valence-corrected chi connectivity index (χ0v) is 10.0. The number of hydrogen-bond donors (Lipinski definition) is 2. The topological polar surface area (TPSA) is 82.2 Å². The fraction of sp³-hybridized carbons (Fsp3) is 0.600. The normalized spacial score (nSPS) is 10.9. The zero-order valence-electron chi connectivity index (χ0n) is 10.0. The minimum atomic E-state index is -2.50. The average molecular weight is 262 g/mol. The van der Waals surface area contributed by atoms with Crippen molar-refractivity contribution in [3.63, 3.8) is 0 Å². The first-order valence-corrected chi connectivity index (χ1v) is 5.51. The number of carbonyl (C=O) groups is 1. The second kappa shape index (κ2) is 6.90. The Kier molecular flexibility index (Phi) is 5.50. The molecule has 1 rings (SSSR count). The van der Waals surface area contributed by atoms with Gasteiger partial charge < -0.3 is 15.8 Å². The van der Waals surface area contributed by atoms with Crippen molar-refractivity contribution in [1.82, 2.24) is 15.1 Å². The first-order valence-electron chi connectivity index (χ1n) is 5.51. The number of nitrogens with one attached hydrogen (secondary N) is 1. The van der Waals surface area contributed by atoms with E-state index in [0.29, 0.717) is 6.54 Å². The molecule has 0 saturated heterocycles. The minimum absolute atomic E-state index is 0.0183. The molecule has 0 radical (unpaired) electrons. The molecule has 0 aliphatic carbocycles. The quantitative estimate of drug-likeness (QED) is 0.701. The van der Waals surface area contributed by atoms with Gasteiger partial charge in [0.2, 0.25) is 0 Å². The standard InChI is InChI=1S/C10H16F2N4O2/c1-2-16-5-7(13)9(15-16)10(17)14-3-4-18-6-8(11)12/h5,8H,2-4,6,13H2,1H3,(H,14,17). The van der Waals surface area contributed by atoms with Gasteiger partial charge in [-0.3, -0.25) is 9.48 Å². The predicted molar refractivity (Wildman–Crippen MR) is 61.5 cm³/mol. The van der Waals surface area contributed by atoms with Crippen LogP contribution in [-0.2, 0) is 11.3 Å². The SMILES string of the molecule is CCn1cc(N)c(C(=O)NCCOCC(F)F)n1. The lowest BCUT2D eigenvalue weighted by molar-refractivity contribution is 0.0188. The molecule has 1 aromatic heterocycles. The second-order valence-electron chi connectivity index (χ2n) is 3.51. The molecule has 1 heterocycles. The number of rotatable bonds is 7. The molecule has 1 amide bonds. The van der Waals surface area contributed by atoms with Gasteiger partial charge in [0.25, 0.3) is 12.3 Å². The van der Waals surface area contributed by atoms with Gasteiger partial charge in [0.15, 0.2) is 5.69 Å². The van der Waals surface area contributed by atoms with Gasteiger partial charge in [0.1, 0.15) is 6.61 Å². The number of nitrogen functional groups attached to an aromatic ring is 1. The van der Waals surface area contributed by atoms with E-state index < -0.39 is 18.9 Å². The third-order valence-electron chi connectivity index (χ3n) is 2.10. The smallest absolute Gasteiger partial charge is 0.274 e. The van der Waals surface area contributed by atoms with E-state index in [2.05, 4.69) is 15.2 Å². The highest BCUT2D eigenvalue weighted by Gasteiger charge is 2.13. The van der Waals surface area contributed by atoms with Crippen molar-refractivity contribution in [2.24, 2.45) is 0 Å². The Balaban J connectivity index is 2.34. The highest BCUT2D eigenvalue weighted by Crippen LogP contribution is 2.08. The maximum atomic E-state index is 11.7. The summed E-state index contributed by atoms with van der Waals surface area (Å²) >= 11 is 0. The van der Waals surface area contributed by atoms with E-state index in [1.165, 1.54) is 4.68 Å². The van der Waals surface area contributed by atoms with Gasteiger partial charge in [-0.2, -0.15) is 5.10 Å². The summed E-state index contributed by atoms with van der Waals surface area (Å²) in [5, 5.41) is 6.46. The third-order valence-corrected chi connectivity index (χ3v) is 2.10. The number of nitrogens with two attached hydrogens (primary N) is 1. The summed E-state index contributed by atoms with van der Waals surface area (Å²) in [6.45, 7) is 1.98. The summed E-state index contributed by atoms with van der Waals surface area (Å²) < 4.78 is 29.6. The zero-order chi connectivity index (χ0) is 13.5. The van der Waals surface area contributed by atoms with E-state index in [4.69, 9.17) is 5.73 Å². The van der Waals surface area contributed by atoms with Crippen LogP contribution in [0.5, 0.6) is 0 Å². The summed E-state index contributed by atoms with van der Waals surface area (Å²) in [6, 6.07) is 0. The number of hydrogen-bond acceptors (Lipinski definition) is 4. The predicted octanol–water partition coefficient (Wildman–Crippen LogP) is 0.497. The molecule has 0 atom stereocenters. The van der Waals surface area contributed by atoms with Gasteiger partial charge in [-0.1, -0.05) is 0 Å². The largest absolute Gasteiger partial charge is 0.396 e. The number of amides is 1. The maximum absolute atomic E-state index is 11.7. The van der Waals surface area contributed by atoms with Gasteiger partial charge >= 0.3 is 0 Å². The summed E-state index contributed by atoms with van der Waals surface area (Å²) in [5.41, 5.74) is 6.02. The van der Waals surface area contributed by atoms with Crippen LogP contribution in [0.25, 0.3) is 0 Å². The monoisotopic (exact) mass is 262 g/mol. The van der Waals surface area contributed by atoms with Crippen LogP contribution in [0.4, 0.5) is 14.5 Å². The van der Waals surface area contributed by atoms with E-state index >= 15 is 0 Å². The van der Waals surface area contributed by atoms with E-state index in [1.807, 2.05) is 6.92 Å².